The minimum atomic E-state index is 0.608. The van der Waals surface area contributed by atoms with Gasteiger partial charge in [-0.25, -0.2) is 0 Å². The van der Waals surface area contributed by atoms with Crippen molar-refractivity contribution in [2.24, 2.45) is 7.05 Å². The van der Waals surface area contributed by atoms with Crippen LogP contribution in [0.15, 0.2) is 0 Å². The van der Waals surface area contributed by atoms with Crippen LogP contribution in [0.25, 0.3) is 0 Å². The van der Waals surface area contributed by atoms with Gasteiger partial charge in [0.15, 0.2) is 0 Å². The molecule has 1 aliphatic heterocycles. The molecule has 0 aromatic carbocycles. The van der Waals surface area contributed by atoms with E-state index in [2.05, 4.69) is 29.2 Å². The van der Waals surface area contributed by atoms with Gasteiger partial charge in [-0.2, -0.15) is 5.10 Å². The van der Waals surface area contributed by atoms with Gasteiger partial charge in [-0.3, -0.25) is 9.58 Å². The van der Waals surface area contributed by atoms with Crippen LogP contribution in [0.2, 0.25) is 5.02 Å². The topological polar surface area (TPSA) is 33.1 Å². The molecule has 0 bridgehead atoms. The third kappa shape index (κ3) is 2.87. The highest BCUT2D eigenvalue weighted by Crippen LogP contribution is 2.22. The molecular formula is C13H23ClN4. The van der Waals surface area contributed by atoms with Crippen LogP contribution in [0.4, 0.5) is 0 Å². The van der Waals surface area contributed by atoms with E-state index < -0.39 is 0 Å². The third-order valence-electron chi connectivity index (χ3n) is 3.71. The largest absolute Gasteiger partial charge is 0.311 e. The van der Waals surface area contributed by atoms with Gasteiger partial charge in [0.25, 0.3) is 0 Å². The molecule has 0 spiro atoms. The SMILES string of the molecule is CCc1nn(C)c(CN2CCNC(CC)C2)c1Cl. The molecule has 1 fully saturated rings. The fraction of sp³-hybridized carbons (Fsp3) is 0.769. The standard InChI is InChI=1S/C13H23ClN4/c1-4-10-8-18(7-6-15-10)9-12-13(14)11(5-2)16-17(12)3/h10,15H,4-9H2,1-3H3. The maximum absolute atomic E-state index is 6.39. The first-order valence-corrected chi connectivity index (χ1v) is 7.19. The first-order valence-electron chi connectivity index (χ1n) is 6.81. The number of halogens is 1. The highest BCUT2D eigenvalue weighted by atomic mass is 35.5. The van der Waals surface area contributed by atoms with E-state index in [1.807, 2.05) is 11.7 Å². The Morgan fingerprint density at radius 3 is 2.83 bits per heavy atom. The van der Waals surface area contributed by atoms with E-state index in [0.29, 0.717) is 6.04 Å². The number of aromatic nitrogens is 2. The summed E-state index contributed by atoms with van der Waals surface area (Å²) < 4.78 is 1.93. The molecule has 1 aromatic heterocycles. The zero-order valence-electron chi connectivity index (χ0n) is 11.5. The lowest BCUT2D eigenvalue weighted by molar-refractivity contribution is 0.186. The molecule has 1 N–H and O–H groups in total. The van der Waals surface area contributed by atoms with Gasteiger partial charge < -0.3 is 5.32 Å². The molecule has 2 rings (SSSR count). The summed E-state index contributed by atoms with van der Waals surface area (Å²) in [7, 11) is 1.99. The molecule has 1 atom stereocenters. The molecule has 0 radical (unpaired) electrons. The summed E-state index contributed by atoms with van der Waals surface area (Å²) in [5.41, 5.74) is 2.15. The van der Waals surface area contributed by atoms with Gasteiger partial charge in [-0.05, 0) is 12.8 Å². The minimum Gasteiger partial charge on any atom is -0.311 e. The summed E-state index contributed by atoms with van der Waals surface area (Å²) >= 11 is 6.39. The molecule has 0 aliphatic carbocycles. The molecule has 2 heterocycles. The van der Waals surface area contributed by atoms with Crippen LogP contribution in [-0.2, 0) is 20.0 Å². The van der Waals surface area contributed by atoms with Gasteiger partial charge in [-0.15, -0.1) is 0 Å². The number of piperazine rings is 1. The van der Waals surface area contributed by atoms with Crippen LogP contribution >= 0.6 is 11.6 Å². The second-order valence-electron chi connectivity index (χ2n) is 4.98. The lowest BCUT2D eigenvalue weighted by Crippen LogP contribution is -2.50. The van der Waals surface area contributed by atoms with E-state index in [0.717, 1.165) is 49.0 Å². The van der Waals surface area contributed by atoms with Gasteiger partial charge in [0, 0.05) is 39.3 Å². The quantitative estimate of drug-likeness (QED) is 0.906. The molecule has 1 aromatic rings. The van der Waals surface area contributed by atoms with Crippen molar-refractivity contribution < 1.29 is 0 Å². The molecule has 1 aliphatic rings. The Bertz CT molecular complexity index is 402. The van der Waals surface area contributed by atoms with Crippen molar-refractivity contribution >= 4 is 11.6 Å². The molecule has 0 amide bonds. The average Bonchev–Trinajstić information content (AvgIpc) is 2.66. The van der Waals surface area contributed by atoms with Crippen molar-refractivity contribution in [3.05, 3.63) is 16.4 Å². The van der Waals surface area contributed by atoms with Crippen LogP contribution in [0.1, 0.15) is 31.7 Å². The Kier molecular flexibility index (Phi) is 4.65. The number of rotatable bonds is 4. The van der Waals surface area contributed by atoms with E-state index in [4.69, 9.17) is 11.6 Å². The maximum Gasteiger partial charge on any atom is 0.0863 e. The summed E-state index contributed by atoms with van der Waals surface area (Å²) in [4.78, 5) is 2.47. The van der Waals surface area contributed by atoms with Crippen LogP contribution in [0.5, 0.6) is 0 Å². The maximum atomic E-state index is 6.39. The summed E-state index contributed by atoms with van der Waals surface area (Å²) in [5.74, 6) is 0. The number of nitrogens with zero attached hydrogens (tertiary/aromatic N) is 3. The Balaban J connectivity index is 2.07. The van der Waals surface area contributed by atoms with Gasteiger partial charge in [-0.1, -0.05) is 25.4 Å². The van der Waals surface area contributed by atoms with Crippen molar-refractivity contribution in [1.82, 2.24) is 20.0 Å². The van der Waals surface area contributed by atoms with Crippen molar-refractivity contribution in [2.75, 3.05) is 19.6 Å². The number of aryl methyl sites for hydroxylation is 2. The number of hydrogen-bond donors (Lipinski definition) is 1. The fourth-order valence-electron chi connectivity index (χ4n) is 2.51. The van der Waals surface area contributed by atoms with Gasteiger partial charge in [0.05, 0.1) is 16.4 Å². The van der Waals surface area contributed by atoms with Crippen LogP contribution in [-0.4, -0.2) is 40.4 Å². The second-order valence-corrected chi connectivity index (χ2v) is 5.36. The van der Waals surface area contributed by atoms with Gasteiger partial charge in [0.2, 0.25) is 0 Å². The van der Waals surface area contributed by atoms with Gasteiger partial charge >= 0.3 is 0 Å². The summed E-state index contributed by atoms with van der Waals surface area (Å²) in [6.45, 7) is 8.47. The van der Waals surface area contributed by atoms with Crippen LogP contribution < -0.4 is 5.32 Å². The Morgan fingerprint density at radius 1 is 1.44 bits per heavy atom. The monoisotopic (exact) mass is 270 g/mol. The molecule has 4 nitrogen and oxygen atoms in total. The molecule has 0 saturated carbocycles. The van der Waals surface area contributed by atoms with Gasteiger partial charge in [0.1, 0.15) is 0 Å². The van der Waals surface area contributed by atoms with Crippen molar-refractivity contribution in [3.63, 3.8) is 0 Å². The Morgan fingerprint density at radius 2 is 2.22 bits per heavy atom. The summed E-state index contributed by atoms with van der Waals surface area (Å²) in [5, 5.41) is 8.86. The van der Waals surface area contributed by atoms with E-state index in [1.54, 1.807) is 0 Å². The highest BCUT2D eigenvalue weighted by Gasteiger charge is 2.21. The predicted molar refractivity (Wildman–Crippen MR) is 75.0 cm³/mol. The molecular weight excluding hydrogens is 248 g/mol. The Labute approximate surface area is 114 Å². The number of hydrogen-bond acceptors (Lipinski definition) is 3. The normalized spacial score (nSPS) is 21.4. The van der Waals surface area contributed by atoms with Crippen LogP contribution in [0.3, 0.4) is 0 Å². The predicted octanol–water partition coefficient (Wildman–Crippen LogP) is 1.82. The van der Waals surface area contributed by atoms with Crippen molar-refractivity contribution in [1.29, 1.82) is 0 Å². The summed E-state index contributed by atoms with van der Waals surface area (Å²) in [6.07, 6.45) is 2.07. The molecule has 18 heavy (non-hydrogen) atoms. The van der Waals surface area contributed by atoms with Crippen molar-refractivity contribution in [2.45, 2.75) is 39.3 Å². The van der Waals surface area contributed by atoms with Crippen molar-refractivity contribution in [3.8, 4) is 0 Å². The molecule has 1 saturated heterocycles. The number of nitrogens with one attached hydrogen (secondary N) is 1. The summed E-state index contributed by atoms with van der Waals surface area (Å²) in [6, 6.07) is 0.608. The zero-order valence-corrected chi connectivity index (χ0v) is 12.3. The first kappa shape index (κ1) is 13.8. The zero-order chi connectivity index (χ0) is 13.1. The first-order chi connectivity index (χ1) is 8.65. The third-order valence-corrected chi connectivity index (χ3v) is 4.15. The molecule has 102 valence electrons. The smallest absolute Gasteiger partial charge is 0.0863 e. The Hall–Kier alpha value is -0.580. The minimum absolute atomic E-state index is 0.608. The van der Waals surface area contributed by atoms with E-state index in [-0.39, 0.29) is 0 Å². The molecule has 1 unspecified atom stereocenters. The van der Waals surface area contributed by atoms with E-state index in [1.165, 1.54) is 6.42 Å². The van der Waals surface area contributed by atoms with E-state index in [9.17, 15) is 0 Å². The lowest BCUT2D eigenvalue weighted by atomic mass is 10.1. The van der Waals surface area contributed by atoms with E-state index >= 15 is 0 Å². The van der Waals surface area contributed by atoms with Crippen LogP contribution in [0, 0.1) is 0 Å². The average molecular weight is 271 g/mol. The highest BCUT2D eigenvalue weighted by molar-refractivity contribution is 6.31. The lowest BCUT2D eigenvalue weighted by Gasteiger charge is -2.33. The fourth-order valence-corrected chi connectivity index (χ4v) is 2.87. The second kappa shape index (κ2) is 6.04. The molecule has 5 heteroatoms.